The van der Waals surface area contributed by atoms with E-state index in [9.17, 15) is 8.42 Å². The molecule has 0 aliphatic rings. The molecule has 3 nitrogen and oxygen atoms in total. The molecule has 0 bridgehead atoms. The smallest absolute Gasteiger partial charge is 0.162 e. The van der Waals surface area contributed by atoms with Crippen LogP contribution in [0.4, 0.5) is 0 Å². The highest BCUT2D eigenvalue weighted by atomic mass is 32.2. The van der Waals surface area contributed by atoms with Crippen LogP contribution in [-0.4, -0.2) is 29.6 Å². The second kappa shape index (κ2) is 3.00. The largest absolute Gasteiger partial charge is 0.395 e. The van der Waals surface area contributed by atoms with Gasteiger partial charge in [-0.1, -0.05) is 0 Å². The maximum absolute atomic E-state index is 11.7. The van der Waals surface area contributed by atoms with Gasteiger partial charge in [-0.25, -0.2) is 8.42 Å². The summed E-state index contributed by atoms with van der Waals surface area (Å²) in [5, 5.41) is 8.91. The summed E-state index contributed by atoms with van der Waals surface area (Å²) < 4.78 is 21.6. The van der Waals surface area contributed by atoms with Gasteiger partial charge >= 0.3 is 0 Å². The molecule has 0 aromatic heterocycles. The van der Waals surface area contributed by atoms with Gasteiger partial charge in [0.15, 0.2) is 9.84 Å². The Morgan fingerprint density at radius 1 is 1.08 bits per heavy atom. The highest BCUT2D eigenvalue weighted by Crippen LogP contribution is 2.28. The quantitative estimate of drug-likeness (QED) is 0.712. The summed E-state index contributed by atoms with van der Waals surface area (Å²) >= 11 is 0. The van der Waals surface area contributed by atoms with E-state index in [-0.39, 0.29) is 6.61 Å². The third kappa shape index (κ3) is 1.80. The molecule has 0 heterocycles. The topological polar surface area (TPSA) is 54.4 Å². The number of hydrogen-bond acceptors (Lipinski definition) is 3. The van der Waals surface area contributed by atoms with Crippen LogP contribution in [0.2, 0.25) is 0 Å². The van der Waals surface area contributed by atoms with E-state index in [0.29, 0.717) is 0 Å². The van der Waals surface area contributed by atoms with Crippen molar-refractivity contribution in [2.45, 2.75) is 44.1 Å². The molecule has 0 saturated carbocycles. The summed E-state index contributed by atoms with van der Waals surface area (Å²) in [6.07, 6.45) is 0. The van der Waals surface area contributed by atoms with Crippen LogP contribution in [0.25, 0.3) is 0 Å². The second-order valence-corrected chi connectivity index (χ2v) is 7.87. The molecule has 0 spiro atoms. The minimum atomic E-state index is -3.28. The lowest BCUT2D eigenvalue weighted by molar-refractivity contribution is 0.256. The minimum absolute atomic E-state index is 0.341. The van der Waals surface area contributed by atoms with E-state index in [1.165, 1.54) is 13.8 Å². The summed E-state index contributed by atoms with van der Waals surface area (Å²) in [5.41, 5.74) is 0. The molecule has 0 aromatic carbocycles. The standard InChI is InChI=1S/C8H18O3S/c1-7(2,3)12(10,11)8(4,5)6-9/h9H,6H2,1-5H3. The summed E-state index contributed by atoms with van der Waals surface area (Å²) in [6.45, 7) is 7.65. The Kier molecular flexibility index (Phi) is 2.97. The Labute approximate surface area is 74.7 Å². The van der Waals surface area contributed by atoms with Crippen LogP contribution in [0.5, 0.6) is 0 Å². The first-order chi connectivity index (χ1) is 5.06. The first kappa shape index (κ1) is 11.9. The first-order valence-electron chi connectivity index (χ1n) is 3.91. The Balaban J connectivity index is 5.16. The Bertz CT molecular complexity index is 244. The fraction of sp³-hybridized carbons (Fsp3) is 1.00. The van der Waals surface area contributed by atoms with Gasteiger partial charge in [-0.2, -0.15) is 0 Å². The zero-order valence-electron chi connectivity index (χ0n) is 8.38. The van der Waals surface area contributed by atoms with E-state index in [4.69, 9.17) is 5.11 Å². The van der Waals surface area contributed by atoms with Crippen molar-refractivity contribution in [1.82, 2.24) is 0 Å². The molecular formula is C8H18O3S. The molecule has 0 aromatic rings. The van der Waals surface area contributed by atoms with Crippen molar-refractivity contribution >= 4 is 9.84 Å². The highest BCUT2D eigenvalue weighted by molar-refractivity contribution is 7.94. The molecule has 0 rings (SSSR count). The number of hydrogen-bond donors (Lipinski definition) is 1. The second-order valence-electron chi connectivity index (χ2n) is 4.53. The van der Waals surface area contributed by atoms with Gasteiger partial charge in [-0.3, -0.25) is 0 Å². The van der Waals surface area contributed by atoms with Crippen molar-refractivity contribution in [3.05, 3.63) is 0 Å². The van der Waals surface area contributed by atoms with Gasteiger partial charge in [0, 0.05) is 0 Å². The van der Waals surface area contributed by atoms with Crippen LogP contribution in [0.3, 0.4) is 0 Å². The van der Waals surface area contributed by atoms with E-state index in [1.807, 2.05) is 0 Å². The average molecular weight is 194 g/mol. The van der Waals surface area contributed by atoms with Gasteiger partial charge in [0.25, 0.3) is 0 Å². The Hall–Kier alpha value is -0.0900. The molecule has 1 N–H and O–H groups in total. The highest BCUT2D eigenvalue weighted by Gasteiger charge is 2.42. The molecule has 0 fully saturated rings. The Morgan fingerprint density at radius 2 is 1.42 bits per heavy atom. The molecule has 0 atom stereocenters. The molecule has 4 heteroatoms. The summed E-state index contributed by atoms with van der Waals surface area (Å²) in [5.74, 6) is 0. The number of sulfone groups is 1. The van der Waals surface area contributed by atoms with Gasteiger partial charge in [0.1, 0.15) is 0 Å². The molecule has 0 saturated heterocycles. The van der Waals surface area contributed by atoms with Crippen molar-refractivity contribution in [3.63, 3.8) is 0 Å². The normalized spacial score (nSPS) is 14.8. The van der Waals surface area contributed by atoms with E-state index in [2.05, 4.69) is 0 Å². The zero-order valence-corrected chi connectivity index (χ0v) is 9.20. The van der Waals surface area contributed by atoms with Crippen LogP contribution in [0.15, 0.2) is 0 Å². The van der Waals surface area contributed by atoms with E-state index >= 15 is 0 Å². The van der Waals surface area contributed by atoms with Crippen LogP contribution in [0.1, 0.15) is 34.6 Å². The minimum Gasteiger partial charge on any atom is -0.395 e. The van der Waals surface area contributed by atoms with Crippen LogP contribution < -0.4 is 0 Å². The number of rotatable bonds is 2. The summed E-state index contributed by atoms with van der Waals surface area (Å²) in [4.78, 5) is 0. The molecule has 74 valence electrons. The summed E-state index contributed by atoms with van der Waals surface area (Å²) in [7, 11) is -3.28. The van der Waals surface area contributed by atoms with Gasteiger partial charge in [-0.05, 0) is 34.6 Å². The molecular weight excluding hydrogens is 176 g/mol. The van der Waals surface area contributed by atoms with Crippen LogP contribution >= 0.6 is 0 Å². The lowest BCUT2D eigenvalue weighted by Gasteiger charge is -2.30. The van der Waals surface area contributed by atoms with Gasteiger partial charge in [0.2, 0.25) is 0 Å². The molecule has 0 radical (unpaired) electrons. The predicted molar refractivity (Wildman–Crippen MR) is 49.8 cm³/mol. The van der Waals surface area contributed by atoms with Crippen molar-refractivity contribution in [3.8, 4) is 0 Å². The van der Waals surface area contributed by atoms with Crippen LogP contribution in [-0.2, 0) is 9.84 Å². The van der Waals surface area contributed by atoms with E-state index in [0.717, 1.165) is 0 Å². The average Bonchev–Trinajstić information content (AvgIpc) is 1.85. The number of aliphatic hydroxyl groups excluding tert-OH is 1. The van der Waals surface area contributed by atoms with Crippen molar-refractivity contribution in [1.29, 1.82) is 0 Å². The fourth-order valence-corrected chi connectivity index (χ4v) is 2.74. The molecule has 12 heavy (non-hydrogen) atoms. The van der Waals surface area contributed by atoms with Gasteiger partial charge < -0.3 is 5.11 Å². The number of aliphatic hydroxyl groups is 1. The third-order valence-electron chi connectivity index (χ3n) is 1.91. The molecule has 0 aliphatic heterocycles. The lowest BCUT2D eigenvalue weighted by Crippen LogP contribution is -2.46. The van der Waals surface area contributed by atoms with Gasteiger partial charge in [0.05, 0.1) is 16.1 Å². The molecule has 0 unspecified atom stereocenters. The third-order valence-corrected chi connectivity index (χ3v) is 5.11. The monoisotopic (exact) mass is 194 g/mol. The van der Waals surface area contributed by atoms with Crippen molar-refractivity contribution in [2.75, 3.05) is 6.61 Å². The van der Waals surface area contributed by atoms with Gasteiger partial charge in [-0.15, -0.1) is 0 Å². The zero-order chi connectivity index (χ0) is 10.2. The van der Waals surface area contributed by atoms with Crippen LogP contribution in [0, 0.1) is 0 Å². The maximum Gasteiger partial charge on any atom is 0.162 e. The SMILES string of the molecule is CC(C)(C)S(=O)(=O)C(C)(C)CO. The van der Waals surface area contributed by atoms with Crippen molar-refractivity contribution in [2.24, 2.45) is 0 Å². The van der Waals surface area contributed by atoms with E-state index < -0.39 is 19.3 Å². The lowest BCUT2D eigenvalue weighted by atomic mass is 10.2. The first-order valence-corrected chi connectivity index (χ1v) is 5.39. The maximum atomic E-state index is 11.7. The molecule has 0 amide bonds. The van der Waals surface area contributed by atoms with E-state index in [1.54, 1.807) is 20.8 Å². The summed E-state index contributed by atoms with van der Waals surface area (Å²) in [6, 6.07) is 0. The van der Waals surface area contributed by atoms with Crippen molar-refractivity contribution < 1.29 is 13.5 Å². The molecule has 0 aliphatic carbocycles. The Morgan fingerprint density at radius 3 is 1.50 bits per heavy atom. The fourth-order valence-electron chi connectivity index (χ4n) is 0.914. The predicted octanol–water partition coefficient (Wildman–Crippen LogP) is 0.971.